The molecule has 9 heteroatoms. The molecule has 2 aromatic heterocycles. The third-order valence-electron chi connectivity index (χ3n) is 5.73. The van der Waals surface area contributed by atoms with Crippen molar-refractivity contribution in [2.45, 2.75) is 37.9 Å². The average Bonchev–Trinajstić information content (AvgIpc) is 3.16. The summed E-state index contributed by atoms with van der Waals surface area (Å²) in [5.41, 5.74) is 0.967. The Morgan fingerprint density at radius 2 is 1.94 bits per heavy atom. The second-order valence-electron chi connectivity index (χ2n) is 7.85. The highest BCUT2D eigenvalue weighted by molar-refractivity contribution is 6.33. The molecule has 1 fully saturated rings. The standard InChI is InChI=1S/C22H22ClF3N4O/c23-18-9-6-15(22(24,25)26)11-17(18)21(31)29-16-7-4-14(5-8-16)12-27-19-13-28-30-10-2-1-3-20(19)30/h1-3,6,9-11,13-14,16,27H,4-5,7-8,12H2,(H,29,31). The number of hydrogen-bond acceptors (Lipinski definition) is 3. The van der Waals surface area contributed by atoms with Gasteiger partial charge in [-0.25, -0.2) is 4.52 Å². The molecule has 1 saturated carbocycles. The maximum atomic E-state index is 12.9. The largest absolute Gasteiger partial charge is 0.416 e. The molecule has 1 aromatic carbocycles. The van der Waals surface area contributed by atoms with E-state index in [4.69, 9.17) is 11.6 Å². The molecule has 31 heavy (non-hydrogen) atoms. The summed E-state index contributed by atoms with van der Waals surface area (Å²) >= 11 is 5.97. The molecule has 5 nitrogen and oxygen atoms in total. The van der Waals surface area contributed by atoms with Crippen LogP contribution in [0.4, 0.5) is 18.9 Å². The van der Waals surface area contributed by atoms with Crippen LogP contribution in [0.1, 0.15) is 41.6 Å². The zero-order valence-electron chi connectivity index (χ0n) is 16.6. The molecule has 0 saturated heterocycles. The molecule has 164 valence electrons. The molecular formula is C22H22ClF3N4O. The quantitative estimate of drug-likeness (QED) is 0.546. The van der Waals surface area contributed by atoms with E-state index in [1.807, 2.05) is 28.9 Å². The van der Waals surface area contributed by atoms with Crippen molar-refractivity contribution < 1.29 is 18.0 Å². The monoisotopic (exact) mass is 450 g/mol. The topological polar surface area (TPSA) is 58.4 Å². The van der Waals surface area contributed by atoms with E-state index < -0.39 is 17.6 Å². The lowest BCUT2D eigenvalue weighted by Crippen LogP contribution is -2.38. The van der Waals surface area contributed by atoms with E-state index in [2.05, 4.69) is 15.7 Å². The minimum atomic E-state index is -4.52. The molecule has 2 heterocycles. The zero-order chi connectivity index (χ0) is 22.0. The van der Waals surface area contributed by atoms with E-state index >= 15 is 0 Å². The van der Waals surface area contributed by atoms with Gasteiger partial charge in [0.25, 0.3) is 5.91 Å². The lowest BCUT2D eigenvalue weighted by Gasteiger charge is -2.29. The number of carbonyl (C=O) groups excluding carboxylic acids is 1. The van der Waals surface area contributed by atoms with Gasteiger partial charge in [-0.2, -0.15) is 18.3 Å². The van der Waals surface area contributed by atoms with Gasteiger partial charge in [0, 0.05) is 18.8 Å². The van der Waals surface area contributed by atoms with E-state index in [0.29, 0.717) is 5.92 Å². The number of carbonyl (C=O) groups is 1. The van der Waals surface area contributed by atoms with Crippen molar-refractivity contribution in [2.75, 3.05) is 11.9 Å². The molecule has 3 aromatic rings. The number of aromatic nitrogens is 2. The minimum Gasteiger partial charge on any atom is -0.382 e. The molecule has 1 aliphatic rings. The number of alkyl halides is 3. The molecule has 1 amide bonds. The summed E-state index contributed by atoms with van der Waals surface area (Å²) < 4.78 is 40.6. The third-order valence-corrected chi connectivity index (χ3v) is 6.06. The Hall–Kier alpha value is -2.74. The molecule has 0 atom stereocenters. The zero-order valence-corrected chi connectivity index (χ0v) is 17.4. The Morgan fingerprint density at radius 1 is 1.16 bits per heavy atom. The maximum Gasteiger partial charge on any atom is 0.416 e. The van der Waals surface area contributed by atoms with E-state index in [-0.39, 0.29) is 16.6 Å². The summed E-state index contributed by atoms with van der Waals surface area (Å²) in [5, 5.41) is 10.6. The summed E-state index contributed by atoms with van der Waals surface area (Å²) in [7, 11) is 0. The summed E-state index contributed by atoms with van der Waals surface area (Å²) in [6.07, 6.45) is 2.53. The fraction of sp³-hybridized carbons (Fsp3) is 0.364. The second kappa shape index (κ2) is 8.78. The maximum absolute atomic E-state index is 12.9. The molecule has 0 unspecified atom stereocenters. The fourth-order valence-corrected chi connectivity index (χ4v) is 4.18. The lowest BCUT2D eigenvalue weighted by atomic mass is 9.86. The van der Waals surface area contributed by atoms with Crippen LogP contribution in [0.2, 0.25) is 5.02 Å². The first-order valence-corrected chi connectivity index (χ1v) is 10.5. The SMILES string of the molecule is O=C(NC1CCC(CNc2cnn3ccccc23)CC1)c1cc(C(F)(F)F)ccc1Cl. The van der Waals surface area contributed by atoms with Crippen molar-refractivity contribution in [1.82, 2.24) is 14.9 Å². The number of hydrogen-bond donors (Lipinski definition) is 2. The van der Waals surface area contributed by atoms with Crippen molar-refractivity contribution in [1.29, 1.82) is 0 Å². The van der Waals surface area contributed by atoms with Crippen molar-refractivity contribution >= 4 is 28.7 Å². The summed E-state index contributed by atoms with van der Waals surface area (Å²) in [5.74, 6) is -0.118. The van der Waals surface area contributed by atoms with Gasteiger partial charge in [-0.05, 0) is 61.9 Å². The van der Waals surface area contributed by atoms with E-state index in [1.54, 1.807) is 6.20 Å². The first kappa shape index (κ1) is 21.5. The minimum absolute atomic E-state index is 0.0109. The van der Waals surface area contributed by atoms with Crippen LogP contribution >= 0.6 is 11.6 Å². The summed E-state index contributed by atoms with van der Waals surface area (Å²) in [4.78, 5) is 12.5. The van der Waals surface area contributed by atoms with Crippen LogP contribution in [0.15, 0.2) is 48.8 Å². The van der Waals surface area contributed by atoms with E-state index in [9.17, 15) is 18.0 Å². The Morgan fingerprint density at radius 3 is 2.68 bits per heavy atom. The Bertz CT molecular complexity index is 1070. The predicted molar refractivity (Wildman–Crippen MR) is 113 cm³/mol. The van der Waals surface area contributed by atoms with Crippen LogP contribution in [0.25, 0.3) is 5.52 Å². The van der Waals surface area contributed by atoms with Gasteiger partial charge in [0.1, 0.15) is 0 Å². The number of anilines is 1. The number of pyridine rings is 1. The second-order valence-corrected chi connectivity index (χ2v) is 8.26. The molecule has 0 aliphatic heterocycles. The number of benzene rings is 1. The van der Waals surface area contributed by atoms with Crippen LogP contribution < -0.4 is 10.6 Å². The molecule has 4 rings (SSSR count). The lowest BCUT2D eigenvalue weighted by molar-refractivity contribution is -0.137. The van der Waals surface area contributed by atoms with Crippen molar-refractivity contribution in [2.24, 2.45) is 5.92 Å². The molecule has 1 aliphatic carbocycles. The fourth-order valence-electron chi connectivity index (χ4n) is 3.97. The highest BCUT2D eigenvalue weighted by Gasteiger charge is 2.32. The molecule has 0 bridgehead atoms. The number of rotatable bonds is 5. The third kappa shape index (κ3) is 4.95. The normalized spacial score (nSPS) is 19.4. The van der Waals surface area contributed by atoms with Gasteiger partial charge in [-0.15, -0.1) is 0 Å². The van der Waals surface area contributed by atoms with Crippen LogP contribution in [0.5, 0.6) is 0 Å². The van der Waals surface area contributed by atoms with Gasteiger partial charge in [0.2, 0.25) is 0 Å². The Kier molecular flexibility index (Phi) is 6.09. The van der Waals surface area contributed by atoms with Gasteiger partial charge in [0.15, 0.2) is 0 Å². The number of fused-ring (bicyclic) bond motifs is 1. The molecule has 0 radical (unpaired) electrons. The highest BCUT2D eigenvalue weighted by Crippen LogP contribution is 2.32. The number of amides is 1. The first-order chi connectivity index (χ1) is 14.8. The highest BCUT2D eigenvalue weighted by atomic mass is 35.5. The van der Waals surface area contributed by atoms with Crippen molar-refractivity contribution in [3.63, 3.8) is 0 Å². The average molecular weight is 451 g/mol. The van der Waals surface area contributed by atoms with Gasteiger partial charge in [-0.1, -0.05) is 17.7 Å². The van der Waals surface area contributed by atoms with Crippen molar-refractivity contribution in [3.8, 4) is 0 Å². The van der Waals surface area contributed by atoms with Gasteiger partial charge in [-0.3, -0.25) is 4.79 Å². The van der Waals surface area contributed by atoms with Gasteiger partial charge < -0.3 is 10.6 Å². The number of halogens is 4. The molecular weight excluding hydrogens is 429 g/mol. The van der Waals surface area contributed by atoms with E-state index in [0.717, 1.165) is 61.6 Å². The van der Waals surface area contributed by atoms with Crippen LogP contribution in [0, 0.1) is 5.92 Å². The number of nitrogens with zero attached hydrogens (tertiary/aromatic N) is 2. The predicted octanol–water partition coefficient (Wildman–Crippen LogP) is 5.41. The summed E-state index contributed by atoms with van der Waals surface area (Å²) in [6, 6.07) is 8.61. The number of nitrogens with one attached hydrogen (secondary N) is 2. The Balaban J connectivity index is 1.30. The van der Waals surface area contributed by atoms with Crippen LogP contribution in [-0.2, 0) is 6.18 Å². The molecule has 0 spiro atoms. The van der Waals surface area contributed by atoms with Gasteiger partial charge in [0.05, 0.1) is 33.6 Å². The smallest absolute Gasteiger partial charge is 0.382 e. The van der Waals surface area contributed by atoms with Crippen LogP contribution in [0.3, 0.4) is 0 Å². The van der Waals surface area contributed by atoms with Crippen LogP contribution in [-0.4, -0.2) is 28.1 Å². The van der Waals surface area contributed by atoms with Gasteiger partial charge >= 0.3 is 6.18 Å². The summed E-state index contributed by atoms with van der Waals surface area (Å²) in [6.45, 7) is 0.802. The van der Waals surface area contributed by atoms with E-state index in [1.165, 1.54) is 0 Å². The molecule has 2 N–H and O–H groups in total. The van der Waals surface area contributed by atoms with Crippen molar-refractivity contribution in [3.05, 3.63) is 64.9 Å². The first-order valence-electron chi connectivity index (χ1n) is 10.1. The Labute approximate surface area is 182 Å².